The summed E-state index contributed by atoms with van der Waals surface area (Å²) in [6.07, 6.45) is 7.68. The Morgan fingerprint density at radius 2 is 1.62 bits per heavy atom. The third-order valence-corrected chi connectivity index (χ3v) is 9.23. The van der Waals surface area contributed by atoms with Gasteiger partial charge in [-0.2, -0.15) is 12.5 Å². The molecule has 37 heavy (non-hydrogen) atoms. The van der Waals surface area contributed by atoms with Crippen molar-refractivity contribution < 1.29 is 12.8 Å². The topological polar surface area (TPSA) is 64.0 Å². The molecule has 0 saturated heterocycles. The Labute approximate surface area is 216 Å². The van der Waals surface area contributed by atoms with E-state index in [2.05, 4.69) is 16.5 Å². The Hall–Kier alpha value is -3.71. The average molecular weight is 514 g/mol. The fourth-order valence-corrected chi connectivity index (χ4v) is 6.56. The number of benzene rings is 3. The van der Waals surface area contributed by atoms with Gasteiger partial charge in [-0.3, -0.25) is 0 Å². The summed E-state index contributed by atoms with van der Waals surface area (Å²) in [4.78, 5) is 0.195. The van der Waals surface area contributed by atoms with Crippen LogP contribution < -0.4 is 5.32 Å². The molecule has 0 spiro atoms. The summed E-state index contributed by atoms with van der Waals surface area (Å²) < 4.78 is 43.0. The van der Waals surface area contributed by atoms with E-state index in [9.17, 15) is 12.8 Å². The van der Waals surface area contributed by atoms with Crippen LogP contribution >= 0.6 is 0 Å². The maximum Gasteiger partial charge on any atom is 0.283 e. The normalized spacial score (nSPS) is 19.3. The Balaban J connectivity index is 1.54. The molecule has 0 radical (unpaired) electrons. The molecule has 0 bridgehead atoms. The highest BCUT2D eigenvalue weighted by Gasteiger charge is 2.40. The van der Waals surface area contributed by atoms with Crippen LogP contribution in [-0.4, -0.2) is 23.6 Å². The predicted octanol–water partition coefficient (Wildman–Crippen LogP) is 6.09. The molecule has 1 atom stereocenters. The highest BCUT2D eigenvalue weighted by molar-refractivity contribution is 7.89. The minimum atomic E-state index is -3.95. The number of nitrogens with one attached hydrogen (secondary N) is 1. The number of aryl methyl sites for hydroxylation is 1. The van der Waals surface area contributed by atoms with Crippen LogP contribution in [0.15, 0.2) is 89.8 Å². The molecule has 1 saturated carbocycles. The lowest BCUT2D eigenvalue weighted by Gasteiger charge is -2.35. The summed E-state index contributed by atoms with van der Waals surface area (Å²) in [5.41, 5.74) is 3.58. The quantitative estimate of drug-likeness (QED) is 0.339. The fraction of sp³-hybridized carbons (Fsp3) is 0.233. The van der Waals surface area contributed by atoms with Crippen LogP contribution in [0.2, 0.25) is 0 Å². The molecule has 0 aliphatic heterocycles. The van der Waals surface area contributed by atoms with Gasteiger partial charge in [0.05, 0.1) is 10.6 Å². The molecule has 2 aliphatic carbocycles. The van der Waals surface area contributed by atoms with Gasteiger partial charge in [-0.05, 0) is 61.6 Å². The second-order valence-electron chi connectivity index (χ2n) is 10.00. The molecule has 7 heteroatoms. The van der Waals surface area contributed by atoms with Crippen molar-refractivity contribution in [3.05, 3.63) is 119 Å². The van der Waals surface area contributed by atoms with E-state index in [4.69, 9.17) is 0 Å². The van der Waals surface area contributed by atoms with E-state index in [1.807, 2.05) is 43.3 Å². The molecule has 0 amide bonds. The van der Waals surface area contributed by atoms with Crippen molar-refractivity contribution in [2.24, 2.45) is 0 Å². The van der Waals surface area contributed by atoms with Gasteiger partial charge in [0.25, 0.3) is 10.0 Å². The molecule has 2 aliphatic rings. The summed E-state index contributed by atoms with van der Waals surface area (Å²) in [6, 6.07) is 23.5. The van der Waals surface area contributed by atoms with Gasteiger partial charge in [-0.1, -0.05) is 72.3 Å². The first-order chi connectivity index (χ1) is 17.9. The van der Waals surface area contributed by atoms with Crippen molar-refractivity contribution in [1.82, 2.24) is 9.19 Å². The smallest absolute Gasteiger partial charge is 0.283 e. The van der Waals surface area contributed by atoms with E-state index in [0.717, 1.165) is 41.5 Å². The van der Waals surface area contributed by atoms with E-state index in [-0.39, 0.29) is 10.7 Å². The lowest BCUT2D eigenvalue weighted by atomic mass is 9.68. The first kappa shape index (κ1) is 23.7. The standard InChI is InChI=1S/C30H28FN3O2S/c1-21-10-16-26(17-11-21)37(35,36)34-28-20-30(22-6-3-2-4-7-22,23-12-14-24(31)15-13-23)19-18-27(28)29(33-34)32-25-8-5-9-25/h2-4,6-7,10-19,25H,5,8-9,20H2,1H3,(H,32,33). The van der Waals surface area contributed by atoms with Crippen molar-refractivity contribution in [3.8, 4) is 0 Å². The van der Waals surface area contributed by atoms with Gasteiger partial charge in [0.15, 0.2) is 5.82 Å². The maximum atomic E-state index is 13.9. The number of halogens is 1. The zero-order valence-corrected chi connectivity index (χ0v) is 21.4. The minimum Gasteiger partial charge on any atom is -0.365 e. The SMILES string of the molecule is Cc1ccc(S(=O)(=O)n2nc(NC3CCC3)c3c2CC(c2ccccc2)(c2ccc(F)cc2)C=C3)cc1. The molecule has 5 nitrogen and oxygen atoms in total. The molecule has 1 aromatic heterocycles. The molecular formula is C30H28FN3O2S. The number of allylic oxidation sites excluding steroid dienone is 1. The van der Waals surface area contributed by atoms with Crippen molar-refractivity contribution in [3.63, 3.8) is 0 Å². The minimum absolute atomic E-state index is 0.195. The number of nitrogens with zero attached hydrogens (tertiary/aromatic N) is 2. The number of anilines is 1. The van der Waals surface area contributed by atoms with Crippen LogP contribution in [0.1, 0.15) is 47.2 Å². The van der Waals surface area contributed by atoms with Crippen LogP contribution in [0.4, 0.5) is 10.2 Å². The summed E-state index contributed by atoms with van der Waals surface area (Å²) in [7, 11) is -3.95. The summed E-state index contributed by atoms with van der Waals surface area (Å²) in [5, 5.41) is 8.13. The molecule has 3 aromatic carbocycles. The fourth-order valence-electron chi connectivity index (χ4n) is 5.24. The monoisotopic (exact) mass is 513 g/mol. The van der Waals surface area contributed by atoms with Gasteiger partial charge in [0.1, 0.15) is 5.82 Å². The second kappa shape index (κ2) is 8.99. The van der Waals surface area contributed by atoms with Crippen LogP contribution in [0.25, 0.3) is 6.08 Å². The van der Waals surface area contributed by atoms with Crippen molar-refractivity contribution in [2.45, 2.75) is 49.0 Å². The third kappa shape index (κ3) is 4.07. The van der Waals surface area contributed by atoms with E-state index in [1.54, 1.807) is 36.4 Å². The zero-order chi connectivity index (χ0) is 25.6. The Kier molecular flexibility index (Phi) is 5.75. The molecule has 6 rings (SSSR count). The average Bonchev–Trinajstić information content (AvgIpc) is 3.25. The van der Waals surface area contributed by atoms with Crippen LogP contribution in [0, 0.1) is 12.7 Å². The lowest BCUT2D eigenvalue weighted by molar-refractivity contribution is 0.444. The molecule has 1 N–H and O–H groups in total. The van der Waals surface area contributed by atoms with Gasteiger partial charge >= 0.3 is 0 Å². The Morgan fingerprint density at radius 1 is 0.946 bits per heavy atom. The van der Waals surface area contributed by atoms with Crippen LogP contribution in [0.3, 0.4) is 0 Å². The molecule has 188 valence electrons. The van der Waals surface area contributed by atoms with Crippen molar-refractivity contribution in [2.75, 3.05) is 5.32 Å². The van der Waals surface area contributed by atoms with E-state index in [1.165, 1.54) is 16.2 Å². The number of aromatic nitrogens is 2. The number of fused-ring (bicyclic) bond motifs is 1. The van der Waals surface area contributed by atoms with Gasteiger partial charge in [-0.25, -0.2) is 4.39 Å². The van der Waals surface area contributed by atoms with Gasteiger partial charge in [0, 0.05) is 23.4 Å². The summed E-state index contributed by atoms with van der Waals surface area (Å²) >= 11 is 0. The number of hydrogen-bond donors (Lipinski definition) is 1. The van der Waals surface area contributed by atoms with Crippen molar-refractivity contribution in [1.29, 1.82) is 0 Å². The van der Waals surface area contributed by atoms with E-state index in [0.29, 0.717) is 24.0 Å². The maximum absolute atomic E-state index is 13.9. The Morgan fingerprint density at radius 3 is 2.27 bits per heavy atom. The lowest BCUT2D eigenvalue weighted by Crippen LogP contribution is -2.32. The third-order valence-electron chi connectivity index (χ3n) is 7.61. The van der Waals surface area contributed by atoms with Gasteiger partial charge in [-0.15, -0.1) is 5.10 Å². The van der Waals surface area contributed by atoms with Crippen LogP contribution in [-0.2, 0) is 21.9 Å². The molecule has 1 fully saturated rings. The van der Waals surface area contributed by atoms with Crippen LogP contribution in [0.5, 0.6) is 0 Å². The second-order valence-corrected chi connectivity index (χ2v) is 11.8. The molecule has 4 aromatic rings. The number of rotatable bonds is 6. The molecular weight excluding hydrogens is 485 g/mol. The summed E-state index contributed by atoms with van der Waals surface area (Å²) in [6.45, 7) is 1.93. The van der Waals surface area contributed by atoms with E-state index < -0.39 is 15.4 Å². The Bertz CT molecular complexity index is 1570. The van der Waals surface area contributed by atoms with E-state index >= 15 is 0 Å². The molecule has 1 heterocycles. The highest BCUT2D eigenvalue weighted by atomic mass is 32.2. The van der Waals surface area contributed by atoms with Crippen molar-refractivity contribution >= 4 is 21.9 Å². The first-order valence-electron chi connectivity index (χ1n) is 12.6. The highest BCUT2D eigenvalue weighted by Crippen LogP contribution is 2.44. The number of hydrogen-bond acceptors (Lipinski definition) is 4. The predicted molar refractivity (Wildman–Crippen MR) is 144 cm³/mol. The van der Waals surface area contributed by atoms with Gasteiger partial charge < -0.3 is 5.32 Å². The van der Waals surface area contributed by atoms with Gasteiger partial charge in [0.2, 0.25) is 0 Å². The zero-order valence-electron chi connectivity index (χ0n) is 20.6. The molecule has 1 unspecified atom stereocenters. The summed E-state index contributed by atoms with van der Waals surface area (Å²) in [5.74, 6) is 0.277. The largest absolute Gasteiger partial charge is 0.365 e. The first-order valence-corrected chi connectivity index (χ1v) is 14.0.